The maximum atomic E-state index is 13.1. The molecular weight excluding hydrogens is 239 g/mol. The van der Waals surface area contributed by atoms with E-state index in [9.17, 15) is 4.39 Å². The van der Waals surface area contributed by atoms with Crippen LogP contribution in [0.5, 0.6) is 0 Å². The maximum absolute atomic E-state index is 13.1. The molecule has 0 saturated carbocycles. The molecule has 1 N–H and O–H groups in total. The van der Waals surface area contributed by atoms with Gasteiger partial charge in [0.2, 0.25) is 0 Å². The van der Waals surface area contributed by atoms with Crippen molar-refractivity contribution in [2.24, 2.45) is 5.92 Å². The smallest absolute Gasteiger partial charge is 0.123 e. The van der Waals surface area contributed by atoms with E-state index in [1.165, 1.54) is 32.0 Å². The number of likely N-dealkylation sites (tertiary alicyclic amines) is 1. The van der Waals surface area contributed by atoms with Crippen molar-refractivity contribution in [2.75, 3.05) is 26.2 Å². The van der Waals surface area contributed by atoms with Crippen LogP contribution in [0.3, 0.4) is 0 Å². The van der Waals surface area contributed by atoms with E-state index in [1.54, 1.807) is 12.1 Å². The van der Waals surface area contributed by atoms with Gasteiger partial charge in [0.15, 0.2) is 0 Å². The van der Waals surface area contributed by atoms with Crippen molar-refractivity contribution < 1.29 is 4.39 Å². The number of hydrogen-bond acceptors (Lipinski definition) is 2. The molecule has 0 radical (unpaired) electrons. The third-order valence-electron chi connectivity index (χ3n) is 4.10. The summed E-state index contributed by atoms with van der Waals surface area (Å²) in [5.74, 6) is 0.728. The van der Waals surface area contributed by atoms with Crippen LogP contribution in [-0.2, 0) is 0 Å². The molecule has 0 spiro atoms. The van der Waals surface area contributed by atoms with Crippen LogP contribution in [0.25, 0.3) is 0 Å². The van der Waals surface area contributed by atoms with Crippen molar-refractivity contribution in [1.29, 1.82) is 0 Å². The maximum Gasteiger partial charge on any atom is 0.123 e. The van der Waals surface area contributed by atoms with E-state index in [1.807, 2.05) is 6.07 Å². The van der Waals surface area contributed by atoms with E-state index in [2.05, 4.69) is 24.1 Å². The van der Waals surface area contributed by atoms with Gasteiger partial charge in [0.05, 0.1) is 0 Å². The monoisotopic (exact) mass is 264 g/mol. The first-order valence-corrected chi connectivity index (χ1v) is 7.36. The van der Waals surface area contributed by atoms with E-state index >= 15 is 0 Å². The Morgan fingerprint density at radius 1 is 1.37 bits per heavy atom. The second kappa shape index (κ2) is 7.01. The fourth-order valence-electron chi connectivity index (χ4n) is 2.62. The van der Waals surface area contributed by atoms with E-state index in [4.69, 9.17) is 0 Å². The normalized spacial score (nSPS) is 19.5. The summed E-state index contributed by atoms with van der Waals surface area (Å²) in [5, 5.41) is 3.48. The lowest BCUT2D eigenvalue weighted by molar-refractivity contribution is 0.191. The molecule has 1 aliphatic heterocycles. The van der Waals surface area contributed by atoms with Crippen LogP contribution >= 0.6 is 0 Å². The highest BCUT2D eigenvalue weighted by molar-refractivity contribution is 5.19. The molecule has 106 valence electrons. The van der Waals surface area contributed by atoms with E-state index in [-0.39, 0.29) is 11.9 Å². The molecule has 19 heavy (non-hydrogen) atoms. The molecule has 0 bridgehead atoms. The van der Waals surface area contributed by atoms with Crippen molar-refractivity contribution >= 4 is 0 Å². The summed E-state index contributed by atoms with van der Waals surface area (Å²) in [6.45, 7) is 8.92. The topological polar surface area (TPSA) is 15.3 Å². The number of benzene rings is 1. The minimum Gasteiger partial charge on any atom is -0.309 e. The van der Waals surface area contributed by atoms with Crippen molar-refractivity contribution in [1.82, 2.24) is 10.2 Å². The van der Waals surface area contributed by atoms with Crippen LogP contribution in [-0.4, -0.2) is 31.1 Å². The molecule has 1 heterocycles. The van der Waals surface area contributed by atoms with E-state index < -0.39 is 0 Å². The fourth-order valence-corrected chi connectivity index (χ4v) is 2.62. The minimum atomic E-state index is -0.156. The van der Waals surface area contributed by atoms with Crippen LogP contribution < -0.4 is 5.32 Å². The van der Waals surface area contributed by atoms with Gasteiger partial charge < -0.3 is 10.2 Å². The van der Waals surface area contributed by atoms with Crippen molar-refractivity contribution in [3.05, 3.63) is 35.6 Å². The molecule has 2 rings (SSSR count). The average Bonchev–Trinajstić information content (AvgIpc) is 2.41. The number of halogens is 1. The molecule has 0 aromatic heterocycles. The number of rotatable bonds is 5. The zero-order valence-corrected chi connectivity index (χ0v) is 12.0. The summed E-state index contributed by atoms with van der Waals surface area (Å²) in [7, 11) is 0. The Labute approximate surface area is 116 Å². The van der Waals surface area contributed by atoms with Crippen molar-refractivity contribution in [3.8, 4) is 0 Å². The molecule has 1 unspecified atom stereocenters. The molecule has 3 heteroatoms. The Morgan fingerprint density at radius 3 is 2.79 bits per heavy atom. The summed E-state index contributed by atoms with van der Waals surface area (Å²) in [5.41, 5.74) is 1.02. The van der Waals surface area contributed by atoms with Gasteiger partial charge >= 0.3 is 0 Å². The first-order chi connectivity index (χ1) is 9.15. The Bertz CT molecular complexity index is 386. The second-order valence-electron chi connectivity index (χ2n) is 5.75. The van der Waals surface area contributed by atoms with Gasteiger partial charge in [-0.05, 0) is 56.5 Å². The molecule has 1 aromatic rings. The molecule has 1 fully saturated rings. The van der Waals surface area contributed by atoms with Crippen LogP contribution in [0.4, 0.5) is 4.39 Å². The Kier molecular flexibility index (Phi) is 5.34. The van der Waals surface area contributed by atoms with E-state index in [0.29, 0.717) is 0 Å². The Hall–Kier alpha value is -0.930. The molecule has 0 aliphatic carbocycles. The minimum absolute atomic E-state index is 0.156. The highest BCUT2D eigenvalue weighted by Gasteiger charge is 2.15. The largest absolute Gasteiger partial charge is 0.309 e. The summed E-state index contributed by atoms with van der Waals surface area (Å²) in [6.07, 6.45) is 2.64. The van der Waals surface area contributed by atoms with Crippen molar-refractivity contribution in [2.45, 2.75) is 32.7 Å². The molecule has 1 saturated heterocycles. The summed E-state index contributed by atoms with van der Waals surface area (Å²) >= 11 is 0. The first kappa shape index (κ1) is 14.5. The molecule has 1 aliphatic rings. The number of hydrogen-bond donors (Lipinski definition) is 1. The van der Waals surface area contributed by atoms with Gasteiger partial charge in [0, 0.05) is 19.1 Å². The summed E-state index contributed by atoms with van der Waals surface area (Å²) < 4.78 is 13.1. The van der Waals surface area contributed by atoms with Gasteiger partial charge in [-0.2, -0.15) is 0 Å². The third kappa shape index (κ3) is 4.59. The lowest BCUT2D eigenvalue weighted by atomic mass is 9.99. The fraction of sp³-hybridized carbons (Fsp3) is 0.625. The summed E-state index contributed by atoms with van der Waals surface area (Å²) in [6, 6.07) is 7.06. The van der Waals surface area contributed by atoms with Crippen molar-refractivity contribution in [3.63, 3.8) is 0 Å². The lowest BCUT2D eigenvalue weighted by Gasteiger charge is -2.30. The molecule has 2 nitrogen and oxygen atoms in total. The SMILES string of the molecule is CC1CCN(CCNC(C)c2cccc(F)c2)CC1. The highest BCUT2D eigenvalue weighted by Crippen LogP contribution is 2.16. The van der Waals surface area contributed by atoms with Crippen LogP contribution in [0.15, 0.2) is 24.3 Å². The zero-order chi connectivity index (χ0) is 13.7. The van der Waals surface area contributed by atoms with Gasteiger partial charge in [0.1, 0.15) is 5.82 Å². The van der Waals surface area contributed by atoms with Gasteiger partial charge in [-0.3, -0.25) is 0 Å². The molecule has 1 aromatic carbocycles. The van der Waals surface area contributed by atoms with Crippen LogP contribution in [0.1, 0.15) is 38.3 Å². The van der Waals surface area contributed by atoms with Crippen LogP contribution in [0.2, 0.25) is 0 Å². The quantitative estimate of drug-likeness (QED) is 0.878. The standard InChI is InChI=1S/C16H25FN2/c1-13-6-9-19(10-7-13)11-8-18-14(2)15-4-3-5-16(17)12-15/h3-5,12-14,18H,6-11H2,1-2H3. The van der Waals surface area contributed by atoms with Crippen LogP contribution in [0, 0.1) is 11.7 Å². The number of nitrogens with zero attached hydrogens (tertiary/aromatic N) is 1. The third-order valence-corrected chi connectivity index (χ3v) is 4.10. The Balaban J connectivity index is 1.70. The van der Waals surface area contributed by atoms with Gasteiger partial charge in [0.25, 0.3) is 0 Å². The van der Waals surface area contributed by atoms with Gasteiger partial charge in [-0.1, -0.05) is 19.1 Å². The first-order valence-electron chi connectivity index (χ1n) is 7.36. The van der Waals surface area contributed by atoms with E-state index in [0.717, 1.165) is 24.6 Å². The zero-order valence-electron chi connectivity index (χ0n) is 12.0. The predicted octanol–water partition coefficient (Wildman–Crippen LogP) is 3.21. The lowest BCUT2D eigenvalue weighted by Crippen LogP contribution is -2.38. The van der Waals surface area contributed by atoms with Gasteiger partial charge in [-0.25, -0.2) is 4.39 Å². The molecule has 1 atom stereocenters. The predicted molar refractivity (Wildman–Crippen MR) is 77.7 cm³/mol. The highest BCUT2D eigenvalue weighted by atomic mass is 19.1. The Morgan fingerprint density at radius 2 is 2.11 bits per heavy atom. The second-order valence-corrected chi connectivity index (χ2v) is 5.75. The molecule has 0 amide bonds. The number of piperidine rings is 1. The molecular formula is C16H25FN2. The van der Waals surface area contributed by atoms with Gasteiger partial charge in [-0.15, -0.1) is 0 Å². The summed E-state index contributed by atoms with van der Waals surface area (Å²) in [4.78, 5) is 2.52. The number of nitrogens with one attached hydrogen (secondary N) is 1. The average molecular weight is 264 g/mol.